The van der Waals surface area contributed by atoms with Gasteiger partial charge < -0.3 is 10.2 Å². The molecule has 2 N–H and O–H groups in total. The zero-order valence-corrected chi connectivity index (χ0v) is 13.0. The van der Waals surface area contributed by atoms with Gasteiger partial charge in [-0.25, -0.2) is 0 Å². The normalized spacial score (nSPS) is 13.2. The summed E-state index contributed by atoms with van der Waals surface area (Å²) < 4.78 is 0. The van der Waals surface area contributed by atoms with E-state index in [1.54, 1.807) is 11.8 Å². The van der Waals surface area contributed by atoms with Crippen LogP contribution in [0.1, 0.15) is 52.9 Å². The van der Waals surface area contributed by atoms with Gasteiger partial charge in [0.2, 0.25) is 0 Å². The molecule has 5 heteroatoms. The third-order valence-corrected chi connectivity index (χ3v) is 5.08. The van der Waals surface area contributed by atoms with E-state index in [1.165, 1.54) is 0 Å². The predicted molar refractivity (Wildman–Crippen MR) is 78.6 cm³/mol. The van der Waals surface area contributed by atoms with Crippen LogP contribution in [0.5, 0.6) is 0 Å². The summed E-state index contributed by atoms with van der Waals surface area (Å²) in [6.07, 6.45) is 4.23. The van der Waals surface area contributed by atoms with Crippen LogP contribution in [0, 0.1) is 11.3 Å². The number of carbonyl (C=O) groups is 2. The fourth-order valence-corrected chi connectivity index (χ4v) is 2.92. The molecule has 1 atom stereocenters. The molecular formula is C14H26O4S. The standard InChI is InChI=1S/C14H26O4S/c1-4-14(3,5-2)7-6-8-19-10-11(13(17)18)9-12(15)16/h11H,4-10H2,1-3H3,(H,15,16)(H,17,18). The van der Waals surface area contributed by atoms with Crippen LogP contribution < -0.4 is 0 Å². The first kappa shape index (κ1) is 18.3. The first-order chi connectivity index (χ1) is 8.84. The third-order valence-electron chi connectivity index (χ3n) is 3.87. The minimum atomic E-state index is -1.04. The second kappa shape index (κ2) is 9.23. The van der Waals surface area contributed by atoms with Crippen LogP contribution in [-0.4, -0.2) is 33.7 Å². The molecule has 112 valence electrons. The average molecular weight is 290 g/mol. The maximum absolute atomic E-state index is 10.9. The Morgan fingerprint density at radius 1 is 1.21 bits per heavy atom. The fraction of sp³-hybridized carbons (Fsp3) is 0.857. The molecule has 4 nitrogen and oxygen atoms in total. The van der Waals surface area contributed by atoms with E-state index in [0.29, 0.717) is 11.2 Å². The molecule has 0 aliphatic carbocycles. The lowest BCUT2D eigenvalue weighted by molar-refractivity contribution is -0.147. The first-order valence-corrected chi connectivity index (χ1v) is 8.02. The molecular weight excluding hydrogens is 264 g/mol. The van der Waals surface area contributed by atoms with Gasteiger partial charge in [-0.3, -0.25) is 9.59 Å². The van der Waals surface area contributed by atoms with Crippen molar-refractivity contribution >= 4 is 23.7 Å². The van der Waals surface area contributed by atoms with Crippen LogP contribution in [-0.2, 0) is 9.59 Å². The summed E-state index contributed by atoms with van der Waals surface area (Å²) in [6, 6.07) is 0. The van der Waals surface area contributed by atoms with Gasteiger partial charge in [-0.2, -0.15) is 11.8 Å². The Hall–Kier alpha value is -0.710. The third kappa shape index (κ3) is 8.14. The van der Waals surface area contributed by atoms with Gasteiger partial charge in [0.15, 0.2) is 0 Å². The molecule has 1 unspecified atom stereocenters. The number of rotatable bonds is 11. The largest absolute Gasteiger partial charge is 0.481 e. The van der Waals surface area contributed by atoms with Gasteiger partial charge in [-0.05, 0) is 24.0 Å². The van der Waals surface area contributed by atoms with Crippen molar-refractivity contribution in [1.82, 2.24) is 0 Å². The molecule has 19 heavy (non-hydrogen) atoms. The Morgan fingerprint density at radius 2 is 1.79 bits per heavy atom. The molecule has 0 bridgehead atoms. The van der Waals surface area contributed by atoms with Crippen molar-refractivity contribution in [1.29, 1.82) is 0 Å². The lowest BCUT2D eigenvalue weighted by Gasteiger charge is -2.26. The van der Waals surface area contributed by atoms with E-state index in [1.807, 2.05) is 0 Å². The zero-order valence-electron chi connectivity index (χ0n) is 12.1. The molecule has 0 saturated heterocycles. The molecule has 0 radical (unpaired) electrons. The molecule has 0 heterocycles. The van der Waals surface area contributed by atoms with Gasteiger partial charge in [-0.1, -0.05) is 33.6 Å². The van der Waals surface area contributed by atoms with Crippen molar-refractivity contribution in [2.45, 2.75) is 52.9 Å². The Kier molecular flexibility index (Phi) is 8.89. The number of hydrogen-bond donors (Lipinski definition) is 2. The van der Waals surface area contributed by atoms with Crippen molar-refractivity contribution in [3.8, 4) is 0 Å². The highest BCUT2D eigenvalue weighted by Crippen LogP contribution is 2.31. The number of hydrogen-bond acceptors (Lipinski definition) is 3. The van der Waals surface area contributed by atoms with E-state index in [2.05, 4.69) is 20.8 Å². The molecule has 0 spiro atoms. The topological polar surface area (TPSA) is 74.6 Å². The average Bonchev–Trinajstić information content (AvgIpc) is 2.36. The summed E-state index contributed by atoms with van der Waals surface area (Å²) in [5.74, 6) is -1.54. The van der Waals surface area contributed by atoms with Crippen molar-refractivity contribution in [2.75, 3.05) is 11.5 Å². The van der Waals surface area contributed by atoms with E-state index >= 15 is 0 Å². The summed E-state index contributed by atoms with van der Waals surface area (Å²) in [4.78, 5) is 21.4. The summed E-state index contributed by atoms with van der Waals surface area (Å²) in [6.45, 7) is 6.68. The van der Waals surface area contributed by atoms with Gasteiger partial charge in [-0.15, -0.1) is 0 Å². The summed E-state index contributed by atoms with van der Waals surface area (Å²) >= 11 is 1.55. The molecule has 0 aliphatic heterocycles. The zero-order chi connectivity index (χ0) is 14.9. The molecule has 0 aliphatic rings. The maximum atomic E-state index is 10.9. The van der Waals surface area contributed by atoms with Crippen molar-refractivity contribution < 1.29 is 19.8 Å². The predicted octanol–water partition coefficient (Wildman–Crippen LogP) is 3.50. The smallest absolute Gasteiger partial charge is 0.307 e. The molecule has 0 saturated carbocycles. The van der Waals surface area contributed by atoms with E-state index in [4.69, 9.17) is 10.2 Å². The summed E-state index contributed by atoms with van der Waals surface area (Å²) in [5, 5.41) is 17.5. The Morgan fingerprint density at radius 3 is 2.21 bits per heavy atom. The van der Waals surface area contributed by atoms with E-state index in [-0.39, 0.29) is 6.42 Å². The highest BCUT2D eigenvalue weighted by molar-refractivity contribution is 7.99. The Bertz CT molecular complexity index is 287. The van der Waals surface area contributed by atoms with Crippen molar-refractivity contribution in [3.63, 3.8) is 0 Å². The maximum Gasteiger partial charge on any atom is 0.307 e. The number of carboxylic acid groups (broad SMARTS) is 2. The second-order valence-electron chi connectivity index (χ2n) is 5.33. The van der Waals surface area contributed by atoms with Crippen LogP contribution >= 0.6 is 11.8 Å². The number of aliphatic carboxylic acids is 2. The quantitative estimate of drug-likeness (QED) is 0.570. The van der Waals surface area contributed by atoms with Crippen LogP contribution in [0.15, 0.2) is 0 Å². The van der Waals surface area contributed by atoms with E-state index in [0.717, 1.165) is 31.4 Å². The summed E-state index contributed by atoms with van der Waals surface area (Å²) in [5.41, 5.74) is 0.383. The monoisotopic (exact) mass is 290 g/mol. The van der Waals surface area contributed by atoms with Crippen molar-refractivity contribution in [2.24, 2.45) is 11.3 Å². The lowest BCUT2D eigenvalue weighted by Crippen LogP contribution is -2.20. The first-order valence-electron chi connectivity index (χ1n) is 6.87. The van der Waals surface area contributed by atoms with Crippen LogP contribution in [0.3, 0.4) is 0 Å². The molecule has 0 fully saturated rings. The molecule has 0 amide bonds. The Labute approximate surface area is 120 Å². The number of carboxylic acids is 2. The highest BCUT2D eigenvalue weighted by atomic mass is 32.2. The van der Waals surface area contributed by atoms with Crippen LogP contribution in [0.25, 0.3) is 0 Å². The van der Waals surface area contributed by atoms with Gasteiger partial charge in [0.25, 0.3) is 0 Å². The van der Waals surface area contributed by atoms with Crippen LogP contribution in [0.4, 0.5) is 0 Å². The van der Waals surface area contributed by atoms with E-state index in [9.17, 15) is 9.59 Å². The molecule has 0 aromatic rings. The van der Waals surface area contributed by atoms with Gasteiger partial charge in [0, 0.05) is 5.75 Å². The Balaban J connectivity index is 3.89. The molecule has 0 aromatic carbocycles. The van der Waals surface area contributed by atoms with Gasteiger partial charge >= 0.3 is 11.9 Å². The molecule has 0 aromatic heterocycles. The van der Waals surface area contributed by atoms with E-state index < -0.39 is 17.9 Å². The summed E-state index contributed by atoms with van der Waals surface area (Å²) in [7, 11) is 0. The van der Waals surface area contributed by atoms with Crippen molar-refractivity contribution in [3.05, 3.63) is 0 Å². The van der Waals surface area contributed by atoms with Crippen LogP contribution in [0.2, 0.25) is 0 Å². The van der Waals surface area contributed by atoms with Gasteiger partial charge in [0.05, 0.1) is 12.3 Å². The minimum Gasteiger partial charge on any atom is -0.481 e. The SMILES string of the molecule is CCC(C)(CC)CCCSCC(CC(=O)O)C(=O)O. The fourth-order valence-electron chi connectivity index (χ4n) is 1.86. The minimum absolute atomic E-state index is 0.288. The lowest BCUT2D eigenvalue weighted by atomic mass is 9.81. The number of thioether (sulfide) groups is 1. The second-order valence-corrected chi connectivity index (χ2v) is 6.48. The highest BCUT2D eigenvalue weighted by Gasteiger charge is 2.21. The molecule has 0 rings (SSSR count). The van der Waals surface area contributed by atoms with Gasteiger partial charge in [0.1, 0.15) is 0 Å².